The van der Waals surface area contributed by atoms with Crippen molar-refractivity contribution in [3.05, 3.63) is 0 Å². The first-order valence-electron chi connectivity index (χ1n) is 5.89. The second-order valence-corrected chi connectivity index (χ2v) is 4.51. The molecule has 0 radical (unpaired) electrons. The zero-order chi connectivity index (χ0) is 12.0. The summed E-state index contributed by atoms with van der Waals surface area (Å²) in [7, 11) is 0. The quantitative estimate of drug-likeness (QED) is 0.705. The average molecular weight is 215 g/mol. The Hall–Kier alpha value is -0.730. The van der Waals surface area contributed by atoms with Gasteiger partial charge in [0.05, 0.1) is 0 Å². The number of ether oxygens (including phenoxy) is 1. The van der Waals surface area contributed by atoms with E-state index in [1.165, 1.54) is 0 Å². The smallest absolute Gasteiger partial charge is 0.410 e. The molecule has 3 nitrogen and oxygen atoms in total. The first kappa shape index (κ1) is 14.3. The van der Waals surface area contributed by atoms with Gasteiger partial charge in [0.15, 0.2) is 0 Å². The minimum atomic E-state index is -0.188. The van der Waals surface area contributed by atoms with Crippen LogP contribution in [0.4, 0.5) is 4.79 Å². The molecule has 0 aliphatic rings. The highest BCUT2D eigenvalue weighted by molar-refractivity contribution is 5.67. The molecule has 0 atom stereocenters. The van der Waals surface area contributed by atoms with Gasteiger partial charge in [-0.2, -0.15) is 0 Å². The summed E-state index contributed by atoms with van der Waals surface area (Å²) in [5.41, 5.74) is 0. The molecule has 0 spiro atoms. The van der Waals surface area contributed by atoms with Gasteiger partial charge in [0.25, 0.3) is 0 Å². The number of hydrogen-bond donors (Lipinski definition) is 0. The van der Waals surface area contributed by atoms with Crippen molar-refractivity contribution >= 4 is 6.09 Å². The molecular formula is C12H25NO2. The van der Waals surface area contributed by atoms with Crippen LogP contribution in [0.1, 0.15) is 41.5 Å². The van der Waals surface area contributed by atoms with E-state index in [9.17, 15) is 4.79 Å². The maximum atomic E-state index is 11.7. The Morgan fingerprint density at radius 1 is 1.07 bits per heavy atom. The van der Waals surface area contributed by atoms with Gasteiger partial charge < -0.3 is 9.64 Å². The summed E-state index contributed by atoms with van der Waals surface area (Å²) in [5, 5.41) is 0. The molecule has 0 N–H and O–H groups in total. The van der Waals surface area contributed by atoms with Crippen molar-refractivity contribution < 1.29 is 9.53 Å². The SMILES string of the molecule is CCN(CC)C(=O)OC(C(C)C)C(C)C. The van der Waals surface area contributed by atoms with Crippen LogP contribution >= 0.6 is 0 Å². The van der Waals surface area contributed by atoms with Gasteiger partial charge in [-0.15, -0.1) is 0 Å². The lowest BCUT2D eigenvalue weighted by Crippen LogP contribution is -2.37. The molecule has 15 heavy (non-hydrogen) atoms. The van der Waals surface area contributed by atoms with Crippen LogP contribution in [-0.2, 0) is 4.74 Å². The summed E-state index contributed by atoms with van der Waals surface area (Å²) in [6.07, 6.45) is -0.175. The number of carbonyl (C=O) groups is 1. The molecule has 1 amide bonds. The summed E-state index contributed by atoms with van der Waals surface area (Å²) >= 11 is 0. The largest absolute Gasteiger partial charge is 0.446 e. The second-order valence-electron chi connectivity index (χ2n) is 4.51. The van der Waals surface area contributed by atoms with Gasteiger partial charge in [0.2, 0.25) is 0 Å². The van der Waals surface area contributed by atoms with E-state index in [0.717, 1.165) is 0 Å². The van der Waals surface area contributed by atoms with Crippen molar-refractivity contribution in [3.8, 4) is 0 Å². The van der Waals surface area contributed by atoms with Crippen LogP contribution in [0.3, 0.4) is 0 Å². The fourth-order valence-corrected chi connectivity index (χ4v) is 1.71. The van der Waals surface area contributed by atoms with E-state index < -0.39 is 0 Å². The van der Waals surface area contributed by atoms with Gasteiger partial charge >= 0.3 is 6.09 Å². The van der Waals surface area contributed by atoms with Crippen LogP contribution in [-0.4, -0.2) is 30.2 Å². The normalized spacial score (nSPS) is 11.3. The van der Waals surface area contributed by atoms with Gasteiger partial charge in [-0.05, 0) is 25.7 Å². The molecule has 0 saturated heterocycles. The van der Waals surface area contributed by atoms with Crippen LogP contribution in [0.2, 0.25) is 0 Å². The van der Waals surface area contributed by atoms with Crippen LogP contribution in [0.25, 0.3) is 0 Å². The molecule has 0 aromatic heterocycles. The van der Waals surface area contributed by atoms with E-state index in [0.29, 0.717) is 24.9 Å². The van der Waals surface area contributed by atoms with Gasteiger partial charge in [0.1, 0.15) is 6.10 Å². The molecule has 0 bridgehead atoms. The number of amides is 1. The Balaban J connectivity index is 4.34. The van der Waals surface area contributed by atoms with Crippen molar-refractivity contribution in [2.24, 2.45) is 11.8 Å². The minimum Gasteiger partial charge on any atom is -0.446 e. The predicted molar refractivity (Wildman–Crippen MR) is 62.9 cm³/mol. The van der Waals surface area contributed by atoms with Crippen molar-refractivity contribution in [3.63, 3.8) is 0 Å². The van der Waals surface area contributed by atoms with Gasteiger partial charge in [-0.1, -0.05) is 27.7 Å². The summed E-state index contributed by atoms with van der Waals surface area (Å²) in [5.74, 6) is 0.731. The van der Waals surface area contributed by atoms with E-state index in [1.54, 1.807) is 4.90 Å². The van der Waals surface area contributed by atoms with E-state index >= 15 is 0 Å². The molecule has 90 valence electrons. The molecule has 0 aromatic carbocycles. The third-order valence-electron chi connectivity index (χ3n) is 2.57. The van der Waals surface area contributed by atoms with E-state index in [1.807, 2.05) is 13.8 Å². The molecule has 0 saturated carbocycles. The van der Waals surface area contributed by atoms with Gasteiger partial charge in [-0.25, -0.2) is 4.79 Å². The van der Waals surface area contributed by atoms with Crippen LogP contribution in [0, 0.1) is 11.8 Å². The Morgan fingerprint density at radius 2 is 1.47 bits per heavy atom. The maximum absolute atomic E-state index is 11.7. The lowest BCUT2D eigenvalue weighted by Gasteiger charge is -2.28. The Bertz CT molecular complexity index is 178. The molecular weight excluding hydrogens is 190 g/mol. The molecule has 0 aromatic rings. The molecule has 0 aliphatic heterocycles. The van der Waals surface area contributed by atoms with Crippen LogP contribution in [0.5, 0.6) is 0 Å². The summed E-state index contributed by atoms with van der Waals surface area (Å²) in [4.78, 5) is 13.4. The third kappa shape index (κ3) is 4.54. The van der Waals surface area contributed by atoms with Gasteiger partial charge in [-0.3, -0.25) is 0 Å². The molecule has 0 rings (SSSR count). The lowest BCUT2D eigenvalue weighted by molar-refractivity contribution is 0.0202. The first-order chi connectivity index (χ1) is 6.93. The number of rotatable bonds is 5. The molecule has 0 aliphatic carbocycles. The van der Waals surface area contributed by atoms with Crippen molar-refractivity contribution in [1.29, 1.82) is 0 Å². The van der Waals surface area contributed by atoms with Crippen LogP contribution < -0.4 is 0 Å². The van der Waals surface area contributed by atoms with E-state index in [2.05, 4.69) is 27.7 Å². The standard InChI is InChI=1S/C12H25NO2/c1-7-13(8-2)12(14)15-11(9(3)4)10(5)6/h9-11H,7-8H2,1-6H3. The summed E-state index contributed by atoms with van der Waals surface area (Å²) in [6, 6.07) is 0. The Morgan fingerprint density at radius 3 is 1.73 bits per heavy atom. The third-order valence-corrected chi connectivity index (χ3v) is 2.57. The highest BCUT2D eigenvalue weighted by Crippen LogP contribution is 2.17. The fraction of sp³-hybridized carbons (Fsp3) is 0.917. The predicted octanol–water partition coefficient (Wildman–Crippen LogP) is 3.15. The highest BCUT2D eigenvalue weighted by atomic mass is 16.6. The zero-order valence-electron chi connectivity index (χ0n) is 10.9. The fourth-order valence-electron chi connectivity index (χ4n) is 1.71. The molecule has 3 heteroatoms. The maximum Gasteiger partial charge on any atom is 0.410 e. The average Bonchev–Trinajstić information content (AvgIpc) is 2.15. The first-order valence-corrected chi connectivity index (χ1v) is 5.89. The summed E-state index contributed by atoms with van der Waals surface area (Å²) < 4.78 is 5.50. The topological polar surface area (TPSA) is 29.5 Å². The molecule has 0 unspecified atom stereocenters. The summed E-state index contributed by atoms with van der Waals surface area (Å²) in [6.45, 7) is 13.7. The van der Waals surface area contributed by atoms with Gasteiger partial charge in [0, 0.05) is 13.1 Å². The Kier molecular flexibility index (Phi) is 6.37. The van der Waals surface area contributed by atoms with E-state index in [4.69, 9.17) is 4.74 Å². The van der Waals surface area contributed by atoms with Crippen molar-refractivity contribution in [1.82, 2.24) is 4.90 Å². The van der Waals surface area contributed by atoms with Crippen molar-refractivity contribution in [2.45, 2.75) is 47.6 Å². The van der Waals surface area contributed by atoms with Crippen molar-refractivity contribution in [2.75, 3.05) is 13.1 Å². The second kappa shape index (κ2) is 6.70. The highest BCUT2D eigenvalue weighted by Gasteiger charge is 2.23. The number of nitrogens with zero attached hydrogens (tertiary/aromatic N) is 1. The minimum absolute atomic E-state index is 0.0121. The lowest BCUT2D eigenvalue weighted by atomic mass is 9.96. The number of hydrogen-bond acceptors (Lipinski definition) is 2. The number of carbonyl (C=O) groups excluding carboxylic acids is 1. The van der Waals surface area contributed by atoms with Crippen LogP contribution in [0.15, 0.2) is 0 Å². The Labute approximate surface area is 93.8 Å². The monoisotopic (exact) mass is 215 g/mol. The zero-order valence-corrected chi connectivity index (χ0v) is 10.9. The molecule has 0 heterocycles. The molecule has 0 fully saturated rings. The van der Waals surface area contributed by atoms with E-state index in [-0.39, 0.29) is 12.2 Å².